The van der Waals surface area contributed by atoms with E-state index in [1.54, 1.807) is 13.2 Å². The molecule has 0 bridgehead atoms. The van der Waals surface area contributed by atoms with Crippen molar-refractivity contribution in [1.29, 1.82) is 0 Å². The zero-order valence-electron chi connectivity index (χ0n) is 15.4. The van der Waals surface area contributed by atoms with Gasteiger partial charge in [-0.1, -0.05) is 12.1 Å². The van der Waals surface area contributed by atoms with Crippen LogP contribution in [0.1, 0.15) is 36.8 Å². The van der Waals surface area contributed by atoms with Gasteiger partial charge in [0.1, 0.15) is 5.82 Å². The zero-order chi connectivity index (χ0) is 17.9. The minimum atomic E-state index is -0.181. The molecule has 0 aromatic heterocycles. The number of carbonyl (C=O) groups excluding carboxylic acids is 1. The van der Waals surface area contributed by atoms with Gasteiger partial charge in [-0.3, -0.25) is 9.69 Å². The van der Waals surface area contributed by atoms with Crippen molar-refractivity contribution in [2.75, 3.05) is 39.9 Å². The fourth-order valence-corrected chi connectivity index (χ4v) is 4.23. The zero-order valence-corrected chi connectivity index (χ0v) is 15.4. The molecule has 2 aliphatic heterocycles. The van der Waals surface area contributed by atoms with Crippen molar-refractivity contribution < 1.29 is 13.9 Å². The first-order valence-corrected chi connectivity index (χ1v) is 9.30. The lowest BCUT2D eigenvalue weighted by Crippen LogP contribution is -2.54. The molecule has 0 N–H and O–H groups in total. The molecule has 0 unspecified atom stereocenters. The highest BCUT2D eigenvalue weighted by Gasteiger charge is 2.45. The van der Waals surface area contributed by atoms with Crippen LogP contribution in [0, 0.1) is 18.2 Å². The summed E-state index contributed by atoms with van der Waals surface area (Å²) in [5.41, 5.74) is 1.61. The van der Waals surface area contributed by atoms with E-state index in [2.05, 4.69) is 4.90 Å². The van der Waals surface area contributed by atoms with Gasteiger partial charge < -0.3 is 9.64 Å². The molecule has 138 valence electrons. The Labute approximate surface area is 149 Å². The summed E-state index contributed by atoms with van der Waals surface area (Å²) in [5, 5.41) is 0. The lowest BCUT2D eigenvalue weighted by Gasteiger charge is -2.46. The van der Waals surface area contributed by atoms with Gasteiger partial charge in [0.25, 0.3) is 0 Å². The van der Waals surface area contributed by atoms with Crippen molar-refractivity contribution >= 4 is 5.91 Å². The second-order valence-corrected chi connectivity index (χ2v) is 7.47. The van der Waals surface area contributed by atoms with Gasteiger partial charge in [-0.05, 0) is 62.9 Å². The third-order valence-corrected chi connectivity index (χ3v) is 5.98. The second kappa shape index (κ2) is 7.83. The Bertz CT molecular complexity index is 612. The molecular formula is C20H29FN2O2. The van der Waals surface area contributed by atoms with Crippen LogP contribution in [0.25, 0.3) is 0 Å². The van der Waals surface area contributed by atoms with Gasteiger partial charge in [-0.15, -0.1) is 0 Å². The summed E-state index contributed by atoms with van der Waals surface area (Å²) >= 11 is 0. The van der Waals surface area contributed by atoms with Gasteiger partial charge in [0.05, 0.1) is 12.0 Å². The monoisotopic (exact) mass is 348 g/mol. The summed E-state index contributed by atoms with van der Waals surface area (Å²) in [4.78, 5) is 17.3. The molecule has 1 aromatic carbocycles. The number of hydrogen-bond donors (Lipinski definition) is 0. The largest absolute Gasteiger partial charge is 0.383 e. The summed E-state index contributed by atoms with van der Waals surface area (Å²) in [6.07, 6.45) is 3.90. The van der Waals surface area contributed by atoms with Gasteiger partial charge in [0.2, 0.25) is 5.91 Å². The Morgan fingerprint density at radius 2 is 1.96 bits per heavy atom. The van der Waals surface area contributed by atoms with Crippen LogP contribution in [-0.2, 0) is 16.1 Å². The fourth-order valence-electron chi connectivity index (χ4n) is 4.23. The minimum absolute atomic E-state index is 0.137. The van der Waals surface area contributed by atoms with Crippen molar-refractivity contribution in [3.05, 3.63) is 35.1 Å². The molecule has 2 aliphatic rings. The summed E-state index contributed by atoms with van der Waals surface area (Å²) in [6, 6.07) is 5.29. The predicted molar refractivity (Wildman–Crippen MR) is 95.8 cm³/mol. The van der Waals surface area contributed by atoms with E-state index in [0.29, 0.717) is 19.1 Å². The van der Waals surface area contributed by atoms with Crippen LogP contribution in [-0.4, -0.2) is 55.6 Å². The molecule has 25 heavy (non-hydrogen) atoms. The molecule has 2 heterocycles. The van der Waals surface area contributed by atoms with Crippen molar-refractivity contribution in [3.63, 3.8) is 0 Å². The van der Waals surface area contributed by atoms with E-state index in [1.165, 1.54) is 6.07 Å². The SMILES string of the molecule is COCCN1CCCC2(CCN(Cc3cccc(F)c3C)CC2)C1=O. The smallest absolute Gasteiger partial charge is 0.228 e. The standard InChI is InChI=1S/C20H29FN2O2/c1-16-17(5-3-6-18(16)21)15-22-11-8-20(9-12-22)7-4-10-23(19(20)24)13-14-25-2/h3,5-6H,4,7-15H2,1-2H3. The molecule has 1 amide bonds. The highest BCUT2D eigenvalue weighted by atomic mass is 19.1. The Kier molecular flexibility index (Phi) is 5.74. The molecule has 1 aromatic rings. The molecular weight excluding hydrogens is 319 g/mol. The number of methoxy groups -OCH3 is 1. The van der Waals surface area contributed by atoms with Gasteiger partial charge in [-0.2, -0.15) is 0 Å². The normalized spacial score (nSPS) is 21.1. The van der Waals surface area contributed by atoms with Crippen LogP contribution in [0.5, 0.6) is 0 Å². The average molecular weight is 348 g/mol. The fraction of sp³-hybridized carbons (Fsp3) is 0.650. The van der Waals surface area contributed by atoms with Crippen LogP contribution < -0.4 is 0 Å². The number of carbonyl (C=O) groups is 1. The third kappa shape index (κ3) is 3.87. The topological polar surface area (TPSA) is 32.8 Å². The van der Waals surface area contributed by atoms with E-state index in [4.69, 9.17) is 4.74 Å². The molecule has 4 nitrogen and oxygen atoms in total. The number of benzene rings is 1. The molecule has 5 heteroatoms. The van der Waals surface area contributed by atoms with Crippen molar-refractivity contribution in [1.82, 2.24) is 9.80 Å². The maximum absolute atomic E-state index is 13.7. The lowest BCUT2D eigenvalue weighted by molar-refractivity contribution is -0.150. The highest BCUT2D eigenvalue weighted by Crippen LogP contribution is 2.41. The Balaban J connectivity index is 1.60. The maximum Gasteiger partial charge on any atom is 0.228 e. The number of piperidine rings is 2. The first-order valence-electron chi connectivity index (χ1n) is 9.30. The summed E-state index contributed by atoms with van der Waals surface area (Å²) in [5.74, 6) is 0.180. The van der Waals surface area contributed by atoms with Crippen molar-refractivity contribution in [3.8, 4) is 0 Å². The quantitative estimate of drug-likeness (QED) is 0.820. The van der Waals surface area contributed by atoms with Crippen LogP contribution in [0.15, 0.2) is 18.2 Å². The highest BCUT2D eigenvalue weighted by molar-refractivity contribution is 5.83. The molecule has 0 radical (unpaired) electrons. The van der Waals surface area contributed by atoms with Crippen molar-refractivity contribution in [2.45, 2.75) is 39.2 Å². The van der Waals surface area contributed by atoms with Crippen LogP contribution in [0.3, 0.4) is 0 Å². The number of amides is 1. The number of rotatable bonds is 5. The number of hydrogen-bond acceptors (Lipinski definition) is 3. The van der Waals surface area contributed by atoms with Gasteiger partial charge in [0, 0.05) is 26.7 Å². The van der Waals surface area contributed by atoms with E-state index in [1.807, 2.05) is 17.9 Å². The second-order valence-electron chi connectivity index (χ2n) is 7.47. The average Bonchev–Trinajstić information content (AvgIpc) is 2.62. The number of nitrogens with zero attached hydrogens (tertiary/aromatic N) is 2. The van der Waals surface area contributed by atoms with Gasteiger partial charge in [0.15, 0.2) is 0 Å². The maximum atomic E-state index is 13.7. The van der Waals surface area contributed by atoms with Gasteiger partial charge in [-0.25, -0.2) is 4.39 Å². The Morgan fingerprint density at radius 3 is 2.68 bits per heavy atom. The summed E-state index contributed by atoms with van der Waals surface area (Å²) in [6.45, 7) is 6.57. The van der Waals surface area contributed by atoms with E-state index < -0.39 is 0 Å². The third-order valence-electron chi connectivity index (χ3n) is 5.98. The lowest BCUT2D eigenvalue weighted by atomic mass is 9.71. The van der Waals surface area contributed by atoms with Crippen LogP contribution in [0.2, 0.25) is 0 Å². The summed E-state index contributed by atoms with van der Waals surface area (Å²) in [7, 11) is 1.68. The van der Waals surface area contributed by atoms with Crippen LogP contribution >= 0.6 is 0 Å². The molecule has 1 spiro atoms. The Morgan fingerprint density at radius 1 is 1.20 bits per heavy atom. The number of halogens is 1. The van der Waals surface area contributed by atoms with Crippen LogP contribution in [0.4, 0.5) is 4.39 Å². The first kappa shape index (κ1) is 18.3. The number of ether oxygens (including phenoxy) is 1. The molecule has 3 rings (SSSR count). The minimum Gasteiger partial charge on any atom is -0.383 e. The Hall–Kier alpha value is -1.46. The van der Waals surface area contributed by atoms with E-state index in [0.717, 1.165) is 63.0 Å². The molecule has 0 atom stereocenters. The molecule has 0 saturated carbocycles. The molecule has 2 saturated heterocycles. The summed E-state index contributed by atoms with van der Waals surface area (Å²) < 4.78 is 18.9. The van der Waals surface area contributed by atoms with Gasteiger partial charge >= 0.3 is 0 Å². The van der Waals surface area contributed by atoms with E-state index in [9.17, 15) is 9.18 Å². The predicted octanol–water partition coefficient (Wildman–Crippen LogP) is 2.99. The van der Waals surface area contributed by atoms with Crippen molar-refractivity contribution in [2.24, 2.45) is 5.41 Å². The molecule has 0 aliphatic carbocycles. The number of likely N-dealkylation sites (tertiary alicyclic amines) is 2. The van der Waals surface area contributed by atoms with E-state index >= 15 is 0 Å². The first-order chi connectivity index (χ1) is 12.1. The molecule has 2 fully saturated rings. The van der Waals surface area contributed by atoms with E-state index in [-0.39, 0.29) is 11.2 Å².